The molecule has 0 amide bonds. The zero-order chi connectivity index (χ0) is 22.4. The van der Waals surface area contributed by atoms with E-state index in [0.717, 1.165) is 24.1 Å². The highest BCUT2D eigenvalue weighted by molar-refractivity contribution is 7.80. The van der Waals surface area contributed by atoms with Gasteiger partial charge < -0.3 is 29.2 Å². The van der Waals surface area contributed by atoms with Crippen LogP contribution in [0.1, 0.15) is 31.2 Å². The molecule has 0 atom stereocenters. The standard InChI is InChI=1S/C23H29ClN2O4S/c1-27-19-12-10-16(24)13-18(19)25-23(31)26(17-7-5-6-8-17)14-15-9-11-20(28-2)22(30-4)21(15)29-3/h9-13,17H,5-8,14H2,1-4H3,(H,25,31). The van der Waals surface area contributed by atoms with Crippen LogP contribution in [0.2, 0.25) is 5.02 Å². The molecule has 0 aromatic heterocycles. The number of benzene rings is 2. The van der Waals surface area contributed by atoms with E-state index in [4.69, 9.17) is 42.8 Å². The number of nitrogens with one attached hydrogen (secondary N) is 1. The van der Waals surface area contributed by atoms with Crippen LogP contribution in [0.25, 0.3) is 0 Å². The predicted molar refractivity (Wildman–Crippen MR) is 128 cm³/mol. The second-order valence-electron chi connectivity index (χ2n) is 7.33. The van der Waals surface area contributed by atoms with Crippen LogP contribution >= 0.6 is 23.8 Å². The van der Waals surface area contributed by atoms with Gasteiger partial charge in [0.05, 0.1) is 34.1 Å². The van der Waals surface area contributed by atoms with Gasteiger partial charge >= 0.3 is 0 Å². The number of anilines is 1. The Morgan fingerprint density at radius 1 is 0.968 bits per heavy atom. The molecule has 1 saturated carbocycles. The second-order valence-corrected chi connectivity index (χ2v) is 8.16. The van der Waals surface area contributed by atoms with Crippen LogP contribution in [0, 0.1) is 0 Å². The molecular weight excluding hydrogens is 436 g/mol. The molecule has 2 aromatic carbocycles. The van der Waals surface area contributed by atoms with E-state index in [0.29, 0.717) is 45.7 Å². The van der Waals surface area contributed by atoms with Crippen LogP contribution in [-0.4, -0.2) is 44.5 Å². The summed E-state index contributed by atoms with van der Waals surface area (Å²) in [7, 11) is 6.48. The van der Waals surface area contributed by atoms with Gasteiger partial charge in [-0.1, -0.05) is 24.4 Å². The number of methoxy groups -OCH3 is 4. The van der Waals surface area contributed by atoms with Crippen molar-refractivity contribution in [3.05, 3.63) is 40.9 Å². The third-order valence-corrected chi connectivity index (χ3v) is 6.13. The molecule has 0 spiro atoms. The molecule has 3 rings (SSSR count). The van der Waals surface area contributed by atoms with Crippen LogP contribution in [0.4, 0.5) is 5.69 Å². The van der Waals surface area contributed by atoms with Gasteiger partial charge in [0.15, 0.2) is 16.6 Å². The van der Waals surface area contributed by atoms with Crippen LogP contribution < -0.4 is 24.3 Å². The summed E-state index contributed by atoms with van der Waals surface area (Å²) in [4.78, 5) is 2.21. The molecule has 0 aliphatic heterocycles. The lowest BCUT2D eigenvalue weighted by Crippen LogP contribution is -2.41. The molecule has 1 N–H and O–H groups in total. The Balaban J connectivity index is 1.92. The lowest BCUT2D eigenvalue weighted by atomic mass is 10.1. The Morgan fingerprint density at radius 2 is 1.61 bits per heavy atom. The molecule has 0 unspecified atom stereocenters. The quantitative estimate of drug-likeness (QED) is 0.516. The topological polar surface area (TPSA) is 52.2 Å². The van der Waals surface area contributed by atoms with E-state index in [1.807, 2.05) is 24.3 Å². The number of rotatable bonds is 8. The molecule has 6 nitrogen and oxygen atoms in total. The van der Waals surface area contributed by atoms with E-state index in [2.05, 4.69) is 10.2 Å². The fourth-order valence-corrected chi connectivity index (χ4v) is 4.51. The van der Waals surface area contributed by atoms with Crippen molar-refractivity contribution in [2.45, 2.75) is 38.3 Å². The van der Waals surface area contributed by atoms with Crippen molar-refractivity contribution in [2.24, 2.45) is 0 Å². The van der Waals surface area contributed by atoms with Crippen LogP contribution in [0.3, 0.4) is 0 Å². The van der Waals surface area contributed by atoms with Crippen molar-refractivity contribution >= 4 is 34.6 Å². The maximum Gasteiger partial charge on any atom is 0.203 e. The van der Waals surface area contributed by atoms with Crippen LogP contribution in [0.5, 0.6) is 23.0 Å². The minimum atomic E-state index is 0.336. The first-order chi connectivity index (χ1) is 15.0. The molecule has 2 aromatic rings. The highest BCUT2D eigenvalue weighted by atomic mass is 35.5. The SMILES string of the molecule is COc1ccc(Cl)cc1NC(=S)N(Cc1ccc(OC)c(OC)c1OC)C1CCCC1. The molecular formula is C23H29ClN2O4S. The van der Waals surface area contributed by atoms with Gasteiger partial charge in [0.25, 0.3) is 0 Å². The molecule has 0 bridgehead atoms. The maximum atomic E-state index is 6.20. The molecule has 0 saturated heterocycles. The Kier molecular flexibility index (Phi) is 8.09. The summed E-state index contributed by atoms with van der Waals surface area (Å²) in [5.41, 5.74) is 1.71. The number of ether oxygens (including phenoxy) is 4. The summed E-state index contributed by atoms with van der Waals surface area (Å²) in [6, 6.07) is 9.65. The minimum Gasteiger partial charge on any atom is -0.495 e. The average molecular weight is 465 g/mol. The van der Waals surface area contributed by atoms with Gasteiger partial charge in [0.1, 0.15) is 5.75 Å². The fraction of sp³-hybridized carbons (Fsp3) is 0.435. The lowest BCUT2D eigenvalue weighted by Gasteiger charge is -2.32. The molecule has 8 heteroatoms. The molecule has 0 radical (unpaired) electrons. The summed E-state index contributed by atoms with van der Waals surface area (Å²) in [5, 5.41) is 4.57. The van der Waals surface area contributed by atoms with Gasteiger partial charge in [-0.15, -0.1) is 0 Å². The molecule has 168 valence electrons. The predicted octanol–water partition coefficient (Wildman–Crippen LogP) is 5.52. The van der Waals surface area contributed by atoms with Gasteiger partial charge in [0.2, 0.25) is 5.75 Å². The van der Waals surface area contributed by atoms with Crippen molar-refractivity contribution in [3.8, 4) is 23.0 Å². The van der Waals surface area contributed by atoms with Gasteiger partial charge in [0, 0.05) is 23.2 Å². The third kappa shape index (κ3) is 5.28. The molecule has 1 fully saturated rings. The Labute approximate surface area is 194 Å². The van der Waals surface area contributed by atoms with Crippen LogP contribution in [0.15, 0.2) is 30.3 Å². The first-order valence-electron chi connectivity index (χ1n) is 10.2. The minimum absolute atomic E-state index is 0.336. The first kappa shape index (κ1) is 23.3. The van der Waals surface area contributed by atoms with Gasteiger partial charge in [-0.3, -0.25) is 0 Å². The van der Waals surface area contributed by atoms with E-state index in [1.54, 1.807) is 34.5 Å². The van der Waals surface area contributed by atoms with Crippen molar-refractivity contribution in [3.63, 3.8) is 0 Å². The van der Waals surface area contributed by atoms with E-state index in [1.165, 1.54) is 12.8 Å². The van der Waals surface area contributed by atoms with Gasteiger partial charge in [-0.2, -0.15) is 0 Å². The number of nitrogens with zero attached hydrogens (tertiary/aromatic N) is 1. The summed E-state index contributed by atoms with van der Waals surface area (Å²) >= 11 is 12.1. The fourth-order valence-electron chi connectivity index (χ4n) is 4.02. The Bertz CT molecular complexity index is 919. The average Bonchev–Trinajstić information content (AvgIpc) is 3.31. The second kappa shape index (κ2) is 10.8. The Hall–Kier alpha value is -2.38. The number of thiocarbonyl (C=S) groups is 1. The normalized spacial score (nSPS) is 13.6. The summed E-state index contributed by atoms with van der Waals surface area (Å²) in [6.07, 6.45) is 4.55. The zero-order valence-corrected chi connectivity index (χ0v) is 19.9. The van der Waals surface area contributed by atoms with Crippen molar-refractivity contribution in [1.82, 2.24) is 4.90 Å². The van der Waals surface area contributed by atoms with Crippen molar-refractivity contribution in [1.29, 1.82) is 0 Å². The van der Waals surface area contributed by atoms with E-state index >= 15 is 0 Å². The number of halogens is 1. The molecule has 1 aliphatic carbocycles. The van der Waals surface area contributed by atoms with E-state index in [9.17, 15) is 0 Å². The monoisotopic (exact) mass is 464 g/mol. The summed E-state index contributed by atoms with van der Waals surface area (Å²) in [6.45, 7) is 0.572. The third-order valence-electron chi connectivity index (χ3n) is 5.56. The first-order valence-corrected chi connectivity index (χ1v) is 11.0. The van der Waals surface area contributed by atoms with E-state index in [-0.39, 0.29) is 0 Å². The highest BCUT2D eigenvalue weighted by Gasteiger charge is 2.27. The summed E-state index contributed by atoms with van der Waals surface area (Å²) < 4.78 is 22.1. The maximum absolute atomic E-state index is 6.20. The smallest absolute Gasteiger partial charge is 0.203 e. The molecule has 1 aliphatic rings. The van der Waals surface area contributed by atoms with Gasteiger partial charge in [-0.05, 0) is 55.4 Å². The summed E-state index contributed by atoms with van der Waals surface area (Å²) in [5.74, 6) is 2.53. The lowest BCUT2D eigenvalue weighted by molar-refractivity contribution is 0.294. The molecule has 0 heterocycles. The zero-order valence-electron chi connectivity index (χ0n) is 18.4. The van der Waals surface area contributed by atoms with Gasteiger partial charge in [-0.25, -0.2) is 0 Å². The van der Waals surface area contributed by atoms with Crippen molar-refractivity contribution < 1.29 is 18.9 Å². The largest absolute Gasteiger partial charge is 0.495 e. The molecule has 31 heavy (non-hydrogen) atoms. The number of hydrogen-bond acceptors (Lipinski definition) is 5. The Morgan fingerprint density at radius 3 is 2.23 bits per heavy atom. The highest BCUT2D eigenvalue weighted by Crippen LogP contribution is 2.41. The van der Waals surface area contributed by atoms with E-state index < -0.39 is 0 Å². The van der Waals surface area contributed by atoms with Crippen LogP contribution in [-0.2, 0) is 6.54 Å². The number of hydrogen-bond donors (Lipinski definition) is 1. The van der Waals surface area contributed by atoms with Crippen molar-refractivity contribution in [2.75, 3.05) is 33.8 Å².